The minimum Gasteiger partial charge on any atom is -0.330 e. The fraction of sp³-hybridized carbons (Fsp3) is 0.333. The summed E-state index contributed by atoms with van der Waals surface area (Å²) in [4.78, 5) is 32.0. The molecule has 1 atom stereocenters. The molecule has 3 aromatic rings. The van der Waals surface area contributed by atoms with Gasteiger partial charge in [-0.3, -0.25) is 9.59 Å². The first-order chi connectivity index (χ1) is 15.8. The molecule has 0 bridgehead atoms. The third-order valence-electron chi connectivity index (χ3n) is 5.97. The molecular weight excluding hydrogens is 496 g/mol. The summed E-state index contributed by atoms with van der Waals surface area (Å²) in [6, 6.07) is 17.8. The third kappa shape index (κ3) is 5.39. The number of benzene rings is 2. The highest BCUT2D eigenvalue weighted by Gasteiger charge is 2.34. The SMILES string of the molecule is Cc1ccc(C2c3ccsc3CCN2C(=O)CN(CC(C)C)C(=O)c2ccc(Br)cc2)cc1. The molecule has 33 heavy (non-hydrogen) atoms. The minimum atomic E-state index is -0.114. The number of halogens is 1. The van der Waals surface area contributed by atoms with Crippen LogP contribution in [0.25, 0.3) is 0 Å². The van der Waals surface area contributed by atoms with Gasteiger partial charge in [0.15, 0.2) is 0 Å². The lowest BCUT2D eigenvalue weighted by Crippen LogP contribution is -2.47. The van der Waals surface area contributed by atoms with Crippen molar-refractivity contribution in [1.82, 2.24) is 9.80 Å². The average Bonchev–Trinajstić information content (AvgIpc) is 3.27. The maximum absolute atomic E-state index is 13.7. The lowest BCUT2D eigenvalue weighted by Gasteiger charge is -2.38. The van der Waals surface area contributed by atoms with Gasteiger partial charge in [-0.1, -0.05) is 59.6 Å². The molecule has 1 aliphatic rings. The van der Waals surface area contributed by atoms with Crippen LogP contribution in [0.3, 0.4) is 0 Å². The summed E-state index contributed by atoms with van der Waals surface area (Å²) < 4.78 is 0.923. The van der Waals surface area contributed by atoms with Crippen molar-refractivity contribution in [3.8, 4) is 0 Å². The molecule has 2 amide bonds. The summed E-state index contributed by atoms with van der Waals surface area (Å²) in [6.07, 6.45) is 0.853. The predicted molar refractivity (Wildman–Crippen MR) is 138 cm³/mol. The molecular formula is C27H29BrN2O2S. The normalized spacial score (nSPS) is 15.4. The van der Waals surface area contributed by atoms with E-state index in [0.29, 0.717) is 18.7 Å². The number of carbonyl (C=O) groups is 2. The van der Waals surface area contributed by atoms with Crippen LogP contribution in [-0.2, 0) is 11.2 Å². The van der Waals surface area contributed by atoms with E-state index in [1.54, 1.807) is 28.4 Å². The summed E-state index contributed by atoms with van der Waals surface area (Å²) in [5, 5.41) is 2.11. The molecule has 0 N–H and O–H groups in total. The van der Waals surface area contributed by atoms with Crippen molar-refractivity contribution >= 4 is 39.1 Å². The van der Waals surface area contributed by atoms with E-state index in [2.05, 4.69) is 72.4 Å². The van der Waals surface area contributed by atoms with Gasteiger partial charge in [0, 0.05) is 28.0 Å². The number of nitrogens with zero attached hydrogens (tertiary/aromatic N) is 2. The van der Waals surface area contributed by atoms with E-state index in [0.717, 1.165) is 16.5 Å². The summed E-state index contributed by atoms with van der Waals surface area (Å²) in [6.45, 7) is 7.48. The Morgan fingerprint density at radius 1 is 1.09 bits per heavy atom. The summed E-state index contributed by atoms with van der Waals surface area (Å²) in [5.74, 6) is 0.142. The first kappa shape index (κ1) is 23.7. The van der Waals surface area contributed by atoms with Crippen molar-refractivity contribution in [3.05, 3.63) is 91.6 Å². The molecule has 2 aromatic carbocycles. The molecule has 4 rings (SSSR count). The maximum Gasteiger partial charge on any atom is 0.254 e. The van der Waals surface area contributed by atoms with Gasteiger partial charge in [0.2, 0.25) is 5.91 Å². The first-order valence-electron chi connectivity index (χ1n) is 11.3. The second-order valence-corrected chi connectivity index (χ2v) is 11.0. The lowest BCUT2D eigenvalue weighted by atomic mass is 9.92. The fourth-order valence-corrected chi connectivity index (χ4v) is 5.55. The summed E-state index contributed by atoms with van der Waals surface area (Å²) in [5.41, 5.74) is 4.11. The van der Waals surface area contributed by atoms with Crippen molar-refractivity contribution in [1.29, 1.82) is 0 Å². The molecule has 0 aliphatic carbocycles. The van der Waals surface area contributed by atoms with Crippen LogP contribution in [-0.4, -0.2) is 41.2 Å². The first-order valence-corrected chi connectivity index (χ1v) is 13.0. The van der Waals surface area contributed by atoms with Crippen LogP contribution in [0.2, 0.25) is 0 Å². The standard InChI is InChI=1S/C27H29BrN2O2S/c1-18(2)16-29(27(32)21-8-10-22(28)11-9-21)17-25(31)30-14-12-24-23(13-15-33-24)26(30)20-6-4-19(3)5-7-20/h4-11,13,15,18,26H,12,14,16-17H2,1-3H3. The quantitative estimate of drug-likeness (QED) is 0.391. The maximum atomic E-state index is 13.7. The van der Waals surface area contributed by atoms with Crippen LogP contribution in [0.15, 0.2) is 64.5 Å². The van der Waals surface area contributed by atoms with Crippen LogP contribution in [0, 0.1) is 12.8 Å². The van der Waals surface area contributed by atoms with E-state index in [1.807, 2.05) is 17.0 Å². The van der Waals surface area contributed by atoms with Crippen molar-refractivity contribution in [2.45, 2.75) is 33.2 Å². The Labute approximate surface area is 208 Å². The van der Waals surface area contributed by atoms with Gasteiger partial charge < -0.3 is 9.80 Å². The molecule has 1 aromatic heterocycles. The largest absolute Gasteiger partial charge is 0.330 e. The number of hydrogen-bond donors (Lipinski definition) is 0. The van der Waals surface area contributed by atoms with Gasteiger partial charge in [0.25, 0.3) is 5.91 Å². The molecule has 0 fully saturated rings. The van der Waals surface area contributed by atoms with Gasteiger partial charge in [0.1, 0.15) is 6.54 Å². The number of amides is 2. The van der Waals surface area contributed by atoms with Crippen LogP contribution in [0.4, 0.5) is 0 Å². The Balaban J connectivity index is 1.61. The monoisotopic (exact) mass is 524 g/mol. The van der Waals surface area contributed by atoms with E-state index in [-0.39, 0.29) is 30.3 Å². The molecule has 0 saturated carbocycles. The second-order valence-electron chi connectivity index (χ2n) is 9.04. The molecule has 6 heteroatoms. The smallest absolute Gasteiger partial charge is 0.254 e. The molecule has 2 heterocycles. The summed E-state index contributed by atoms with van der Waals surface area (Å²) >= 11 is 5.18. The van der Waals surface area contributed by atoms with E-state index in [4.69, 9.17) is 0 Å². The number of thiophene rings is 1. The Hall–Kier alpha value is -2.44. The van der Waals surface area contributed by atoms with Gasteiger partial charge in [-0.05, 0) is 66.1 Å². The van der Waals surface area contributed by atoms with E-state index in [1.165, 1.54) is 16.0 Å². The van der Waals surface area contributed by atoms with Crippen LogP contribution in [0.1, 0.15) is 51.8 Å². The third-order valence-corrected chi connectivity index (χ3v) is 7.49. The lowest BCUT2D eigenvalue weighted by molar-refractivity contribution is -0.134. The van der Waals surface area contributed by atoms with Gasteiger partial charge in [0.05, 0.1) is 6.04 Å². The molecule has 1 unspecified atom stereocenters. The van der Waals surface area contributed by atoms with E-state index in [9.17, 15) is 9.59 Å². The zero-order valence-corrected chi connectivity index (χ0v) is 21.7. The van der Waals surface area contributed by atoms with Crippen molar-refractivity contribution in [2.75, 3.05) is 19.6 Å². The number of carbonyl (C=O) groups excluding carboxylic acids is 2. The van der Waals surface area contributed by atoms with Crippen molar-refractivity contribution in [3.63, 3.8) is 0 Å². The van der Waals surface area contributed by atoms with Gasteiger partial charge >= 0.3 is 0 Å². The Morgan fingerprint density at radius 3 is 2.45 bits per heavy atom. The topological polar surface area (TPSA) is 40.6 Å². The van der Waals surface area contributed by atoms with Crippen molar-refractivity contribution in [2.24, 2.45) is 5.92 Å². The molecule has 172 valence electrons. The van der Waals surface area contributed by atoms with Crippen LogP contribution < -0.4 is 0 Å². The average molecular weight is 526 g/mol. The molecule has 4 nitrogen and oxygen atoms in total. The van der Waals surface area contributed by atoms with Gasteiger partial charge in [-0.25, -0.2) is 0 Å². The minimum absolute atomic E-state index is 0.0106. The Bertz CT molecular complexity index is 1120. The van der Waals surface area contributed by atoms with Gasteiger partial charge in [-0.15, -0.1) is 11.3 Å². The molecule has 0 spiro atoms. The van der Waals surface area contributed by atoms with Gasteiger partial charge in [-0.2, -0.15) is 0 Å². The highest BCUT2D eigenvalue weighted by molar-refractivity contribution is 9.10. The summed E-state index contributed by atoms with van der Waals surface area (Å²) in [7, 11) is 0. The Kier molecular flexibility index (Phi) is 7.35. The molecule has 0 saturated heterocycles. The van der Waals surface area contributed by atoms with Crippen LogP contribution >= 0.6 is 27.3 Å². The predicted octanol–water partition coefficient (Wildman–Crippen LogP) is 6.09. The van der Waals surface area contributed by atoms with E-state index >= 15 is 0 Å². The molecule has 0 radical (unpaired) electrons. The van der Waals surface area contributed by atoms with Crippen molar-refractivity contribution < 1.29 is 9.59 Å². The highest BCUT2D eigenvalue weighted by atomic mass is 79.9. The Morgan fingerprint density at radius 2 is 1.79 bits per heavy atom. The van der Waals surface area contributed by atoms with E-state index < -0.39 is 0 Å². The second kappa shape index (κ2) is 10.2. The zero-order valence-electron chi connectivity index (χ0n) is 19.3. The van der Waals surface area contributed by atoms with Crippen LogP contribution in [0.5, 0.6) is 0 Å². The number of rotatable bonds is 6. The number of hydrogen-bond acceptors (Lipinski definition) is 3. The zero-order chi connectivity index (χ0) is 23.5. The number of aryl methyl sites for hydroxylation is 1. The molecule has 1 aliphatic heterocycles. The number of fused-ring (bicyclic) bond motifs is 1. The highest BCUT2D eigenvalue weighted by Crippen LogP contribution is 2.38. The fourth-order valence-electron chi connectivity index (χ4n) is 4.38.